The van der Waals surface area contributed by atoms with Crippen molar-refractivity contribution in [2.75, 3.05) is 26.2 Å². The van der Waals surface area contributed by atoms with E-state index in [9.17, 15) is 9.59 Å². The van der Waals surface area contributed by atoms with Gasteiger partial charge in [0, 0.05) is 31.1 Å². The first-order valence-corrected chi connectivity index (χ1v) is 10.3. The van der Waals surface area contributed by atoms with Crippen molar-refractivity contribution < 1.29 is 9.59 Å². The zero-order valence-electron chi connectivity index (χ0n) is 14.8. The lowest BCUT2D eigenvalue weighted by molar-refractivity contribution is -0.136. The molecular weight excluding hydrogens is 371 g/mol. The van der Waals surface area contributed by atoms with E-state index >= 15 is 0 Å². The minimum Gasteiger partial charge on any atom is -0.338 e. The largest absolute Gasteiger partial charge is 0.338 e. The van der Waals surface area contributed by atoms with Crippen molar-refractivity contribution in [3.05, 3.63) is 33.3 Å². The topological polar surface area (TPSA) is 40.6 Å². The summed E-state index contributed by atoms with van der Waals surface area (Å²) < 4.78 is 0. The van der Waals surface area contributed by atoms with Crippen molar-refractivity contribution in [1.82, 2.24) is 9.80 Å². The molecule has 0 saturated carbocycles. The number of fused-ring (bicyclic) bond motifs is 1. The van der Waals surface area contributed by atoms with Gasteiger partial charge < -0.3 is 9.80 Å². The third-order valence-corrected chi connectivity index (χ3v) is 6.76. The van der Waals surface area contributed by atoms with E-state index in [1.165, 1.54) is 19.3 Å². The third kappa shape index (κ3) is 3.39. The highest BCUT2D eigenvalue weighted by Gasteiger charge is 2.40. The standard InChI is InChI=1S/C20H24Cl2N2O2/c21-17-9-14-15(10-18(17)22)19(25)11-16(14)20(26)24-8-2-1-5-13(24)12-23-6-3-4-7-23/h9-10,13,16H,1-8,11-12H2/t13-,16+/m1/s1. The van der Waals surface area contributed by atoms with Crippen molar-refractivity contribution in [2.45, 2.75) is 50.5 Å². The van der Waals surface area contributed by atoms with E-state index in [1.54, 1.807) is 12.1 Å². The van der Waals surface area contributed by atoms with Gasteiger partial charge in [0.05, 0.1) is 16.0 Å². The number of hydrogen-bond acceptors (Lipinski definition) is 3. The van der Waals surface area contributed by atoms with Crippen LogP contribution >= 0.6 is 23.2 Å². The van der Waals surface area contributed by atoms with Crippen LogP contribution in [0.2, 0.25) is 10.0 Å². The van der Waals surface area contributed by atoms with Gasteiger partial charge in [-0.3, -0.25) is 9.59 Å². The van der Waals surface area contributed by atoms with Crippen LogP contribution < -0.4 is 0 Å². The first-order valence-electron chi connectivity index (χ1n) is 9.59. The Balaban J connectivity index is 1.56. The molecule has 0 spiro atoms. The summed E-state index contributed by atoms with van der Waals surface area (Å²) in [6.07, 6.45) is 6.00. The van der Waals surface area contributed by atoms with E-state index in [2.05, 4.69) is 4.90 Å². The molecule has 0 bridgehead atoms. The monoisotopic (exact) mass is 394 g/mol. The number of halogens is 2. The van der Waals surface area contributed by atoms with Gasteiger partial charge in [0.15, 0.2) is 5.78 Å². The average Bonchev–Trinajstić information content (AvgIpc) is 3.24. The Morgan fingerprint density at radius 1 is 1.04 bits per heavy atom. The first-order chi connectivity index (χ1) is 12.5. The number of ketones is 1. The first kappa shape index (κ1) is 18.3. The molecule has 2 heterocycles. The van der Waals surface area contributed by atoms with Crippen LogP contribution in [0, 0.1) is 0 Å². The van der Waals surface area contributed by atoms with Crippen molar-refractivity contribution in [3.63, 3.8) is 0 Å². The van der Waals surface area contributed by atoms with Crippen molar-refractivity contribution in [1.29, 1.82) is 0 Å². The summed E-state index contributed by atoms with van der Waals surface area (Å²) in [6, 6.07) is 3.59. The van der Waals surface area contributed by atoms with E-state index in [4.69, 9.17) is 23.2 Å². The van der Waals surface area contributed by atoms with Gasteiger partial charge >= 0.3 is 0 Å². The summed E-state index contributed by atoms with van der Waals surface area (Å²) in [6.45, 7) is 4.02. The van der Waals surface area contributed by atoms with Crippen LogP contribution in [-0.4, -0.2) is 53.7 Å². The van der Waals surface area contributed by atoms with Gasteiger partial charge in [-0.1, -0.05) is 23.2 Å². The van der Waals surface area contributed by atoms with E-state index in [-0.39, 0.29) is 24.2 Å². The van der Waals surface area contributed by atoms with Crippen LogP contribution in [0.4, 0.5) is 0 Å². The number of piperidine rings is 1. The number of rotatable bonds is 3. The molecule has 1 aliphatic carbocycles. The summed E-state index contributed by atoms with van der Waals surface area (Å²) in [7, 11) is 0. The van der Waals surface area contributed by atoms with Crippen molar-refractivity contribution in [2.24, 2.45) is 0 Å². The molecule has 1 aromatic rings. The van der Waals surface area contributed by atoms with Crippen LogP contribution in [0.15, 0.2) is 12.1 Å². The summed E-state index contributed by atoms with van der Waals surface area (Å²) >= 11 is 12.2. The number of carbonyl (C=O) groups is 2. The highest BCUT2D eigenvalue weighted by atomic mass is 35.5. The van der Waals surface area contributed by atoms with Gasteiger partial charge in [-0.05, 0) is 62.9 Å². The van der Waals surface area contributed by atoms with Crippen molar-refractivity contribution >= 4 is 34.9 Å². The molecule has 26 heavy (non-hydrogen) atoms. The van der Waals surface area contributed by atoms with Gasteiger partial charge in [-0.2, -0.15) is 0 Å². The van der Waals surface area contributed by atoms with Crippen LogP contribution in [0.3, 0.4) is 0 Å². The van der Waals surface area contributed by atoms with Crippen LogP contribution in [0.25, 0.3) is 0 Å². The Bertz CT molecular complexity index is 731. The second-order valence-corrected chi connectivity index (χ2v) is 8.54. The SMILES string of the molecule is O=C1C[C@H](C(=O)N2CCCC[C@@H]2CN2CCCC2)c2cc(Cl)c(Cl)cc21. The molecule has 140 valence electrons. The van der Waals surface area contributed by atoms with E-state index in [1.807, 2.05) is 4.90 Å². The Hall–Kier alpha value is -1.10. The van der Waals surface area contributed by atoms with Gasteiger partial charge in [-0.25, -0.2) is 0 Å². The van der Waals surface area contributed by atoms with Gasteiger partial charge in [0.1, 0.15) is 0 Å². The van der Waals surface area contributed by atoms with Crippen molar-refractivity contribution in [3.8, 4) is 0 Å². The van der Waals surface area contributed by atoms with E-state index in [0.29, 0.717) is 15.6 Å². The normalized spacial score (nSPS) is 26.4. The van der Waals surface area contributed by atoms with Gasteiger partial charge in [0.25, 0.3) is 0 Å². The number of Topliss-reactive ketones (excluding diaryl/α,β-unsaturated/α-hetero) is 1. The summed E-state index contributed by atoms with van der Waals surface area (Å²) in [5.41, 5.74) is 1.31. The summed E-state index contributed by atoms with van der Waals surface area (Å²) in [5.74, 6) is -0.337. The highest BCUT2D eigenvalue weighted by molar-refractivity contribution is 6.42. The molecule has 6 heteroatoms. The number of carbonyl (C=O) groups excluding carboxylic acids is 2. The van der Waals surface area contributed by atoms with E-state index in [0.717, 1.165) is 44.6 Å². The Labute approximate surface area is 164 Å². The number of amides is 1. The van der Waals surface area contributed by atoms with E-state index < -0.39 is 5.92 Å². The molecule has 2 fully saturated rings. The molecule has 3 aliphatic rings. The minimum absolute atomic E-state index is 0.00924. The smallest absolute Gasteiger partial charge is 0.230 e. The predicted octanol–water partition coefficient (Wildman–Crippen LogP) is 4.14. The van der Waals surface area contributed by atoms with Gasteiger partial charge in [0.2, 0.25) is 5.91 Å². The van der Waals surface area contributed by atoms with Crippen LogP contribution in [-0.2, 0) is 4.79 Å². The number of hydrogen-bond donors (Lipinski definition) is 0. The molecule has 0 N–H and O–H groups in total. The molecule has 2 atom stereocenters. The maximum Gasteiger partial charge on any atom is 0.230 e. The lowest BCUT2D eigenvalue weighted by Gasteiger charge is -2.39. The Kier molecular flexibility index (Phi) is 5.27. The minimum atomic E-state index is -0.411. The third-order valence-electron chi connectivity index (χ3n) is 6.03. The highest BCUT2D eigenvalue weighted by Crippen LogP contribution is 2.39. The fraction of sp³-hybridized carbons (Fsp3) is 0.600. The second kappa shape index (κ2) is 7.49. The second-order valence-electron chi connectivity index (χ2n) is 7.72. The Morgan fingerprint density at radius 3 is 2.50 bits per heavy atom. The maximum atomic E-state index is 13.4. The zero-order valence-corrected chi connectivity index (χ0v) is 16.4. The summed E-state index contributed by atoms with van der Waals surface area (Å²) in [5, 5.41) is 0.780. The fourth-order valence-corrected chi connectivity index (χ4v) is 5.00. The molecule has 1 aromatic carbocycles. The number of likely N-dealkylation sites (tertiary alicyclic amines) is 2. The lowest BCUT2D eigenvalue weighted by Crippen LogP contribution is -2.50. The molecule has 4 rings (SSSR count). The van der Waals surface area contributed by atoms with Gasteiger partial charge in [-0.15, -0.1) is 0 Å². The fourth-order valence-electron chi connectivity index (χ4n) is 4.66. The molecule has 2 aliphatic heterocycles. The Morgan fingerprint density at radius 2 is 1.73 bits per heavy atom. The quantitative estimate of drug-likeness (QED) is 0.773. The average molecular weight is 395 g/mol. The van der Waals surface area contributed by atoms with Crippen LogP contribution in [0.1, 0.15) is 60.4 Å². The zero-order chi connectivity index (χ0) is 18.3. The molecule has 4 nitrogen and oxygen atoms in total. The maximum absolute atomic E-state index is 13.4. The molecule has 0 unspecified atom stereocenters. The number of nitrogens with zero attached hydrogens (tertiary/aromatic N) is 2. The summed E-state index contributed by atoms with van der Waals surface area (Å²) in [4.78, 5) is 30.3. The molecule has 2 saturated heterocycles. The predicted molar refractivity (Wildman–Crippen MR) is 103 cm³/mol. The van der Waals surface area contributed by atoms with Crippen LogP contribution in [0.5, 0.6) is 0 Å². The molecule has 1 amide bonds. The molecular formula is C20H24Cl2N2O2. The molecule has 0 aromatic heterocycles. The molecule has 0 radical (unpaired) electrons. The number of benzene rings is 1. The lowest BCUT2D eigenvalue weighted by atomic mass is 9.95.